The van der Waals surface area contributed by atoms with Crippen molar-refractivity contribution in [3.05, 3.63) is 157 Å². The van der Waals surface area contributed by atoms with Gasteiger partial charge in [-0.05, 0) is 83.3 Å². The molecule has 0 unspecified atom stereocenters. The number of hydrogen-bond donors (Lipinski definition) is 0. The standard InChI is InChI=1S/C46H28N4O.Pd/c1-27-10-9-11-28(2)44(27)29-18-21-35-33-23-20-31(26-37(33)46-48-39-14-5-8-17-42(39)50(46)43(35)24-29)51-30-19-22-32-34-12-3-6-15-40(34)49-41-16-7-4-13-38(41)47-45(49)36(32)25-30;/h3-24H,1-2H3;/q-2;+2. The van der Waals surface area contributed by atoms with Crippen LogP contribution >= 0.6 is 0 Å². The maximum absolute atomic E-state index is 6.58. The van der Waals surface area contributed by atoms with Gasteiger partial charge in [-0.3, -0.25) is 9.97 Å². The van der Waals surface area contributed by atoms with Gasteiger partial charge in [0, 0.05) is 22.5 Å². The molecule has 4 aromatic heterocycles. The zero-order valence-corrected chi connectivity index (χ0v) is 29.8. The molecule has 4 heterocycles. The number of nitrogens with zero attached hydrogens (tertiary/aromatic N) is 4. The maximum Gasteiger partial charge on any atom is 2.00 e. The zero-order chi connectivity index (χ0) is 33.8. The van der Waals surface area contributed by atoms with Crippen LogP contribution < -0.4 is 4.74 Å². The molecule has 0 fully saturated rings. The van der Waals surface area contributed by atoms with Gasteiger partial charge in [0.05, 0.1) is 33.4 Å². The molecule has 52 heavy (non-hydrogen) atoms. The van der Waals surface area contributed by atoms with Crippen molar-refractivity contribution in [1.29, 1.82) is 0 Å². The summed E-state index contributed by atoms with van der Waals surface area (Å²) < 4.78 is 11.1. The van der Waals surface area contributed by atoms with Crippen molar-refractivity contribution in [2.45, 2.75) is 13.8 Å². The van der Waals surface area contributed by atoms with Crippen LogP contribution in [0.5, 0.6) is 11.5 Å². The van der Waals surface area contributed by atoms with Crippen LogP contribution in [-0.4, -0.2) is 18.8 Å². The summed E-state index contributed by atoms with van der Waals surface area (Å²) in [5, 5.41) is 6.26. The van der Waals surface area contributed by atoms with Gasteiger partial charge in [-0.2, -0.15) is 0 Å². The number of imidazole rings is 2. The number of benzene rings is 7. The third-order valence-electron chi connectivity index (χ3n) is 10.4. The Morgan fingerprint density at radius 2 is 0.981 bits per heavy atom. The number of hydrogen-bond acceptors (Lipinski definition) is 3. The Bertz CT molecular complexity index is 3250. The Morgan fingerprint density at radius 3 is 1.60 bits per heavy atom. The Labute approximate surface area is 312 Å². The van der Waals surface area contributed by atoms with Crippen LogP contribution in [0.4, 0.5) is 0 Å². The van der Waals surface area contributed by atoms with Crippen LogP contribution in [0.2, 0.25) is 0 Å². The Balaban J connectivity index is 0.00000338. The van der Waals surface area contributed by atoms with E-state index in [1.54, 1.807) is 0 Å². The number of fused-ring (bicyclic) bond motifs is 16. The average Bonchev–Trinajstić information content (AvgIpc) is 3.75. The van der Waals surface area contributed by atoms with E-state index in [-0.39, 0.29) is 20.4 Å². The number of rotatable bonds is 3. The van der Waals surface area contributed by atoms with Crippen molar-refractivity contribution >= 4 is 76.7 Å². The Kier molecular flexibility index (Phi) is 6.79. The number of para-hydroxylation sites is 5. The first-order chi connectivity index (χ1) is 25.1. The first kappa shape index (κ1) is 30.7. The molecule has 0 saturated heterocycles. The summed E-state index contributed by atoms with van der Waals surface area (Å²) in [6.45, 7) is 4.36. The molecule has 0 bridgehead atoms. The largest absolute Gasteiger partial charge is 2.00 e. The van der Waals surface area contributed by atoms with E-state index in [1.165, 1.54) is 22.3 Å². The summed E-state index contributed by atoms with van der Waals surface area (Å²) in [4.78, 5) is 10.2. The topological polar surface area (TPSA) is 43.8 Å². The molecule has 0 aliphatic carbocycles. The minimum Gasteiger partial charge on any atom is -0.497 e. The summed E-state index contributed by atoms with van der Waals surface area (Å²) in [6.07, 6.45) is 0. The molecular formula is C46H28N4OPd. The van der Waals surface area contributed by atoms with E-state index in [9.17, 15) is 0 Å². The third kappa shape index (κ3) is 4.38. The molecule has 0 N–H and O–H groups in total. The number of pyridine rings is 2. The summed E-state index contributed by atoms with van der Waals surface area (Å²) >= 11 is 0. The fourth-order valence-corrected chi connectivity index (χ4v) is 8.13. The number of ether oxygens (including phenoxy) is 1. The minimum atomic E-state index is 0. The molecule has 248 valence electrons. The molecule has 7 aromatic carbocycles. The molecule has 6 heteroatoms. The van der Waals surface area contributed by atoms with Crippen molar-refractivity contribution in [2.24, 2.45) is 0 Å². The predicted octanol–water partition coefficient (Wildman–Crippen LogP) is 11.6. The smallest absolute Gasteiger partial charge is 0.497 e. The number of aryl methyl sites for hydroxylation is 2. The summed E-state index contributed by atoms with van der Waals surface area (Å²) in [7, 11) is 0. The first-order valence-electron chi connectivity index (χ1n) is 17.2. The van der Waals surface area contributed by atoms with Gasteiger partial charge in [0.1, 0.15) is 0 Å². The molecule has 11 rings (SSSR count). The van der Waals surface area contributed by atoms with Crippen LogP contribution in [0.1, 0.15) is 11.1 Å². The van der Waals surface area contributed by atoms with Gasteiger partial charge in [-0.25, -0.2) is 0 Å². The molecule has 0 radical (unpaired) electrons. The van der Waals surface area contributed by atoms with Crippen LogP contribution in [0.3, 0.4) is 0 Å². The molecule has 0 atom stereocenters. The van der Waals surface area contributed by atoms with Crippen LogP contribution in [0.15, 0.2) is 133 Å². The van der Waals surface area contributed by atoms with E-state index in [4.69, 9.17) is 14.7 Å². The predicted molar refractivity (Wildman–Crippen MR) is 208 cm³/mol. The average molecular weight is 759 g/mol. The maximum atomic E-state index is 6.58. The monoisotopic (exact) mass is 758 g/mol. The van der Waals surface area contributed by atoms with E-state index < -0.39 is 0 Å². The van der Waals surface area contributed by atoms with Crippen molar-refractivity contribution in [1.82, 2.24) is 18.8 Å². The van der Waals surface area contributed by atoms with Gasteiger partial charge in [-0.15, -0.1) is 12.1 Å². The van der Waals surface area contributed by atoms with E-state index in [2.05, 4.69) is 144 Å². The molecular weight excluding hydrogens is 731 g/mol. The zero-order valence-electron chi connectivity index (χ0n) is 28.2. The van der Waals surface area contributed by atoms with Gasteiger partial charge in [0.2, 0.25) is 0 Å². The van der Waals surface area contributed by atoms with Gasteiger partial charge < -0.3 is 13.5 Å². The van der Waals surface area contributed by atoms with Crippen molar-refractivity contribution in [3.8, 4) is 22.6 Å². The van der Waals surface area contributed by atoms with Crippen molar-refractivity contribution < 1.29 is 25.2 Å². The van der Waals surface area contributed by atoms with Crippen molar-refractivity contribution in [2.75, 3.05) is 0 Å². The fraction of sp³-hybridized carbons (Fsp3) is 0.0435. The van der Waals surface area contributed by atoms with Crippen LogP contribution in [0.25, 0.3) is 87.8 Å². The van der Waals surface area contributed by atoms with E-state index in [1.807, 2.05) is 24.3 Å². The SMILES string of the molecule is Cc1cccc(C)c1-c1ccc2c3ccc(Oc4[c-]c5c(cc4)c4ccccc4n4c6ccccc6nc54)[c-]c3c3nc4ccccc4n3c2c1.[Pd+2]. The molecule has 0 saturated carbocycles. The molecule has 11 aromatic rings. The Hall–Kier alpha value is -6.06. The van der Waals surface area contributed by atoms with Gasteiger partial charge in [0.15, 0.2) is 0 Å². The van der Waals surface area contributed by atoms with Crippen LogP contribution in [-0.2, 0) is 20.4 Å². The second-order valence-electron chi connectivity index (χ2n) is 13.4. The molecule has 0 aliphatic heterocycles. The summed E-state index contributed by atoms with van der Waals surface area (Å²) in [5.74, 6) is 1.20. The summed E-state index contributed by atoms with van der Waals surface area (Å²) in [6, 6.07) is 53.8. The molecule has 5 nitrogen and oxygen atoms in total. The third-order valence-corrected chi connectivity index (χ3v) is 10.4. The van der Waals surface area contributed by atoms with E-state index in [0.717, 1.165) is 76.7 Å². The van der Waals surface area contributed by atoms with Gasteiger partial charge in [-0.1, -0.05) is 119 Å². The molecule has 0 aliphatic rings. The van der Waals surface area contributed by atoms with E-state index >= 15 is 0 Å². The number of aromatic nitrogens is 4. The van der Waals surface area contributed by atoms with Gasteiger partial charge in [0.25, 0.3) is 0 Å². The van der Waals surface area contributed by atoms with Crippen LogP contribution in [0, 0.1) is 26.0 Å². The minimum absolute atomic E-state index is 0. The van der Waals surface area contributed by atoms with E-state index in [0.29, 0.717) is 11.5 Å². The molecule has 0 spiro atoms. The normalized spacial score (nSPS) is 11.9. The fourth-order valence-electron chi connectivity index (χ4n) is 8.13. The first-order valence-corrected chi connectivity index (χ1v) is 17.2. The second-order valence-corrected chi connectivity index (χ2v) is 13.4. The van der Waals surface area contributed by atoms with Crippen molar-refractivity contribution in [3.63, 3.8) is 0 Å². The summed E-state index contributed by atoms with van der Waals surface area (Å²) in [5.41, 5.74) is 12.9. The second kappa shape index (κ2) is 11.5. The Morgan fingerprint density at radius 1 is 0.481 bits per heavy atom. The molecule has 0 amide bonds. The quantitative estimate of drug-likeness (QED) is 0.102. The van der Waals surface area contributed by atoms with Gasteiger partial charge >= 0.3 is 20.4 Å².